The van der Waals surface area contributed by atoms with E-state index in [0.717, 1.165) is 11.1 Å². The number of nitrogens with zero attached hydrogens (tertiary/aromatic N) is 3. The maximum atomic E-state index is 12.2. The predicted molar refractivity (Wildman–Crippen MR) is 116 cm³/mol. The first-order chi connectivity index (χ1) is 14.9. The van der Waals surface area contributed by atoms with Crippen molar-refractivity contribution in [2.24, 2.45) is 0 Å². The second kappa shape index (κ2) is 8.29. The van der Waals surface area contributed by atoms with Gasteiger partial charge in [0, 0.05) is 29.5 Å². The number of aliphatic hydroxyl groups excluding tert-OH is 1. The predicted octanol–water partition coefficient (Wildman–Crippen LogP) is 2.19. The summed E-state index contributed by atoms with van der Waals surface area (Å²) < 4.78 is 25.1. The standard InChI is InChI=1S/C22H20N4O4S/c1-31(29,30)18-7-5-15(6-8-18)20-14-24-21-10-9-19(25-26(20)21)16-3-2-4-17(13-16)22(28)23-11-12-27/h2-10,13-14,27H,11-12H2,1H3,(H,23,28). The molecule has 0 saturated heterocycles. The number of rotatable bonds is 6. The molecule has 2 N–H and O–H groups in total. The SMILES string of the molecule is CS(=O)(=O)c1ccc(-c2cnc3ccc(-c4cccc(C(=O)NCCO)c4)nn23)cc1. The number of aromatic nitrogens is 3. The van der Waals surface area contributed by atoms with Gasteiger partial charge in [-0.2, -0.15) is 5.10 Å². The van der Waals surface area contributed by atoms with Crippen LogP contribution in [0.4, 0.5) is 0 Å². The van der Waals surface area contributed by atoms with Gasteiger partial charge in [0.05, 0.1) is 29.1 Å². The molecule has 0 bridgehead atoms. The Morgan fingerprint density at radius 1 is 1.06 bits per heavy atom. The molecule has 158 valence electrons. The summed E-state index contributed by atoms with van der Waals surface area (Å²) >= 11 is 0. The number of sulfone groups is 1. The van der Waals surface area contributed by atoms with Gasteiger partial charge in [0.25, 0.3) is 5.91 Å². The van der Waals surface area contributed by atoms with Gasteiger partial charge < -0.3 is 10.4 Å². The van der Waals surface area contributed by atoms with Gasteiger partial charge in [0.1, 0.15) is 0 Å². The quantitative estimate of drug-likeness (QED) is 0.479. The fraction of sp³-hybridized carbons (Fsp3) is 0.136. The van der Waals surface area contributed by atoms with Crippen molar-refractivity contribution in [2.75, 3.05) is 19.4 Å². The van der Waals surface area contributed by atoms with E-state index in [2.05, 4.69) is 15.4 Å². The summed E-state index contributed by atoms with van der Waals surface area (Å²) in [5.74, 6) is -0.272. The molecule has 0 aliphatic heterocycles. The Balaban J connectivity index is 1.72. The zero-order valence-electron chi connectivity index (χ0n) is 16.7. The van der Waals surface area contributed by atoms with Crippen molar-refractivity contribution in [3.63, 3.8) is 0 Å². The minimum Gasteiger partial charge on any atom is -0.395 e. The highest BCUT2D eigenvalue weighted by Gasteiger charge is 2.12. The molecule has 31 heavy (non-hydrogen) atoms. The van der Waals surface area contributed by atoms with Crippen LogP contribution < -0.4 is 5.32 Å². The number of carbonyl (C=O) groups excluding carboxylic acids is 1. The van der Waals surface area contributed by atoms with Crippen molar-refractivity contribution in [1.29, 1.82) is 0 Å². The van der Waals surface area contributed by atoms with Crippen LogP contribution in [0, 0.1) is 0 Å². The van der Waals surface area contributed by atoms with Crippen LogP contribution in [0.5, 0.6) is 0 Å². The second-order valence-electron chi connectivity index (χ2n) is 6.99. The van der Waals surface area contributed by atoms with Crippen molar-refractivity contribution in [2.45, 2.75) is 4.90 Å². The van der Waals surface area contributed by atoms with Gasteiger partial charge in [-0.3, -0.25) is 4.79 Å². The van der Waals surface area contributed by atoms with E-state index in [4.69, 9.17) is 5.11 Å². The van der Waals surface area contributed by atoms with Gasteiger partial charge >= 0.3 is 0 Å². The van der Waals surface area contributed by atoms with E-state index in [0.29, 0.717) is 22.6 Å². The van der Waals surface area contributed by atoms with E-state index in [1.807, 2.05) is 18.2 Å². The largest absolute Gasteiger partial charge is 0.395 e. The van der Waals surface area contributed by atoms with Gasteiger partial charge in [0.2, 0.25) is 0 Å². The van der Waals surface area contributed by atoms with E-state index in [9.17, 15) is 13.2 Å². The molecule has 4 rings (SSSR count). The lowest BCUT2D eigenvalue weighted by Crippen LogP contribution is -2.26. The van der Waals surface area contributed by atoms with Gasteiger partial charge in [-0.25, -0.2) is 17.9 Å². The van der Waals surface area contributed by atoms with Crippen molar-refractivity contribution < 1.29 is 18.3 Å². The Bertz CT molecular complexity index is 1360. The van der Waals surface area contributed by atoms with E-state index < -0.39 is 9.84 Å². The fourth-order valence-electron chi connectivity index (χ4n) is 3.19. The average molecular weight is 436 g/mol. The van der Waals surface area contributed by atoms with Crippen LogP contribution in [0.1, 0.15) is 10.4 Å². The van der Waals surface area contributed by atoms with Crippen LogP contribution in [-0.4, -0.2) is 53.4 Å². The summed E-state index contributed by atoms with van der Waals surface area (Å²) in [7, 11) is -3.28. The molecule has 8 nitrogen and oxygen atoms in total. The maximum absolute atomic E-state index is 12.2. The van der Waals surface area contributed by atoms with Gasteiger partial charge in [-0.05, 0) is 36.4 Å². The molecule has 0 aliphatic rings. The summed E-state index contributed by atoms with van der Waals surface area (Å²) in [6.07, 6.45) is 2.85. The molecule has 0 saturated carbocycles. The Kier molecular flexibility index (Phi) is 5.53. The molecule has 0 atom stereocenters. The van der Waals surface area contributed by atoms with E-state index in [1.54, 1.807) is 53.2 Å². The number of amides is 1. The van der Waals surface area contributed by atoms with E-state index in [1.165, 1.54) is 6.26 Å². The van der Waals surface area contributed by atoms with Crippen LogP contribution in [0.3, 0.4) is 0 Å². The lowest BCUT2D eigenvalue weighted by molar-refractivity contribution is 0.0945. The van der Waals surface area contributed by atoms with Gasteiger partial charge in [0.15, 0.2) is 15.5 Å². The normalized spacial score (nSPS) is 11.5. The molecule has 4 aromatic rings. The fourth-order valence-corrected chi connectivity index (χ4v) is 3.82. The molecule has 1 amide bonds. The number of hydrogen-bond donors (Lipinski definition) is 2. The Labute approximate surface area is 179 Å². The minimum absolute atomic E-state index is 0.127. The highest BCUT2D eigenvalue weighted by Crippen LogP contribution is 2.24. The maximum Gasteiger partial charge on any atom is 0.251 e. The first-order valence-corrected chi connectivity index (χ1v) is 11.4. The molecule has 2 heterocycles. The molecule has 0 radical (unpaired) electrons. The van der Waals surface area contributed by atoms with Crippen molar-refractivity contribution in [3.8, 4) is 22.5 Å². The molecule has 2 aromatic heterocycles. The zero-order chi connectivity index (χ0) is 22.0. The molecular weight excluding hydrogens is 416 g/mol. The summed E-state index contributed by atoms with van der Waals surface area (Å²) in [4.78, 5) is 16.8. The highest BCUT2D eigenvalue weighted by molar-refractivity contribution is 7.90. The third-order valence-corrected chi connectivity index (χ3v) is 5.89. The summed E-state index contributed by atoms with van der Waals surface area (Å²) in [5.41, 5.74) is 4.01. The molecule has 0 fully saturated rings. The molecule has 0 aliphatic carbocycles. The number of aliphatic hydroxyl groups is 1. The third-order valence-electron chi connectivity index (χ3n) is 4.76. The minimum atomic E-state index is -3.28. The van der Waals surface area contributed by atoms with Crippen LogP contribution in [0.15, 0.2) is 71.8 Å². The van der Waals surface area contributed by atoms with Crippen molar-refractivity contribution in [1.82, 2.24) is 19.9 Å². The molecule has 0 spiro atoms. The topological polar surface area (TPSA) is 114 Å². The van der Waals surface area contributed by atoms with E-state index in [-0.39, 0.29) is 24.0 Å². The first-order valence-electron chi connectivity index (χ1n) is 9.51. The van der Waals surface area contributed by atoms with Gasteiger partial charge in [-0.15, -0.1) is 0 Å². The molecule has 2 aromatic carbocycles. The monoisotopic (exact) mass is 436 g/mol. The van der Waals surface area contributed by atoms with Crippen LogP contribution in [0.2, 0.25) is 0 Å². The number of fused-ring (bicyclic) bond motifs is 1. The Hall–Kier alpha value is -3.56. The second-order valence-corrected chi connectivity index (χ2v) is 9.00. The lowest BCUT2D eigenvalue weighted by atomic mass is 10.1. The van der Waals surface area contributed by atoms with Crippen molar-refractivity contribution >= 4 is 21.4 Å². The summed E-state index contributed by atoms with van der Waals surface area (Å²) in [6, 6.07) is 17.3. The zero-order valence-corrected chi connectivity index (χ0v) is 17.5. The molecule has 9 heteroatoms. The van der Waals surface area contributed by atoms with Crippen LogP contribution in [0.25, 0.3) is 28.2 Å². The molecular formula is C22H20N4O4S. The van der Waals surface area contributed by atoms with Crippen LogP contribution >= 0.6 is 0 Å². The van der Waals surface area contributed by atoms with Gasteiger partial charge in [-0.1, -0.05) is 24.3 Å². The number of benzene rings is 2. The average Bonchev–Trinajstić information content (AvgIpc) is 3.20. The Morgan fingerprint density at radius 3 is 2.55 bits per heavy atom. The number of imidazole rings is 1. The Morgan fingerprint density at radius 2 is 1.84 bits per heavy atom. The summed E-state index contributed by atoms with van der Waals surface area (Å²) in [5, 5.41) is 16.2. The highest BCUT2D eigenvalue weighted by atomic mass is 32.2. The van der Waals surface area contributed by atoms with E-state index >= 15 is 0 Å². The third kappa shape index (κ3) is 4.32. The smallest absolute Gasteiger partial charge is 0.251 e. The number of hydrogen-bond acceptors (Lipinski definition) is 6. The van der Waals surface area contributed by atoms with Crippen molar-refractivity contribution in [3.05, 3.63) is 72.4 Å². The molecule has 0 unspecified atom stereocenters. The number of carbonyl (C=O) groups is 1. The number of nitrogens with one attached hydrogen (secondary N) is 1. The van der Waals surface area contributed by atoms with Crippen LogP contribution in [-0.2, 0) is 9.84 Å². The lowest BCUT2D eigenvalue weighted by Gasteiger charge is -2.07. The first kappa shape index (κ1) is 20.7. The summed E-state index contributed by atoms with van der Waals surface area (Å²) in [6.45, 7) is 0.0576.